The molecule has 0 bridgehead atoms. The number of hydrogen-bond donors (Lipinski definition) is 0. The normalized spacial score (nSPS) is 13.4. The third-order valence-electron chi connectivity index (χ3n) is 8.83. The van der Waals surface area contributed by atoms with E-state index in [4.69, 9.17) is 14.2 Å². The van der Waals surface area contributed by atoms with E-state index in [2.05, 4.69) is 154 Å². The number of carbonyl (C=O) groups excluding carboxylic acids is 3. The van der Waals surface area contributed by atoms with Crippen LogP contribution in [0.5, 0.6) is 0 Å². The van der Waals surface area contributed by atoms with Crippen molar-refractivity contribution in [2.75, 3.05) is 13.2 Å². The van der Waals surface area contributed by atoms with Crippen LogP contribution in [0.3, 0.4) is 0 Å². The second-order valence-electron chi connectivity index (χ2n) is 14.5. The zero-order valence-electron chi connectivity index (χ0n) is 38.4. The molecular weight excluding hydrogens is 757 g/mol. The third-order valence-corrected chi connectivity index (χ3v) is 8.83. The summed E-state index contributed by atoms with van der Waals surface area (Å²) in [5, 5.41) is 0. The number of carbonyl (C=O) groups is 3. The Morgan fingerprint density at radius 1 is 0.328 bits per heavy atom. The molecule has 0 aromatic rings. The SMILES string of the molecule is CC/C=C\C/C=C\C/C=C\C/C=C\C/C=C\C/C=C\CCC(=O)OCC(COC(=O)CCCC/C=C\C/C=C\C/C=C\CC)OC(=O)CCCC/C=C\C/C=C\C/C=C\CC. The summed E-state index contributed by atoms with van der Waals surface area (Å²) >= 11 is 0. The van der Waals surface area contributed by atoms with Gasteiger partial charge in [0.2, 0.25) is 0 Å². The average Bonchev–Trinajstić information content (AvgIpc) is 3.26. The van der Waals surface area contributed by atoms with Crippen LogP contribution in [0, 0.1) is 0 Å². The summed E-state index contributed by atoms with van der Waals surface area (Å²) < 4.78 is 16.6. The van der Waals surface area contributed by atoms with Gasteiger partial charge in [-0.2, -0.15) is 0 Å². The molecule has 0 radical (unpaired) electrons. The topological polar surface area (TPSA) is 78.9 Å². The van der Waals surface area contributed by atoms with Crippen LogP contribution in [0.25, 0.3) is 0 Å². The average molecular weight is 839 g/mol. The van der Waals surface area contributed by atoms with Gasteiger partial charge in [0.05, 0.1) is 0 Å². The van der Waals surface area contributed by atoms with Gasteiger partial charge < -0.3 is 14.2 Å². The quantitative estimate of drug-likeness (QED) is 0.0265. The van der Waals surface area contributed by atoms with Crippen LogP contribution in [0.15, 0.2) is 146 Å². The number of allylic oxidation sites excluding steroid dienone is 24. The van der Waals surface area contributed by atoms with Crippen molar-refractivity contribution < 1.29 is 28.6 Å². The Bertz CT molecular complexity index is 1430. The summed E-state index contributed by atoms with van der Waals surface area (Å²) in [7, 11) is 0. The minimum Gasteiger partial charge on any atom is -0.462 e. The van der Waals surface area contributed by atoms with Crippen LogP contribution >= 0.6 is 0 Å². The van der Waals surface area contributed by atoms with Gasteiger partial charge in [0.15, 0.2) is 6.10 Å². The van der Waals surface area contributed by atoms with Crippen molar-refractivity contribution in [1.29, 1.82) is 0 Å². The fourth-order valence-electron chi connectivity index (χ4n) is 5.43. The lowest BCUT2D eigenvalue weighted by atomic mass is 10.1. The molecule has 1 atom stereocenters. The van der Waals surface area contributed by atoms with E-state index < -0.39 is 6.10 Å². The van der Waals surface area contributed by atoms with E-state index in [1.54, 1.807) is 0 Å². The molecule has 0 amide bonds. The van der Waals surface area contributed by atoms with E-state index in [1.807, 2.05) is 12.2 Å². The molecule has 1 unspecified atom stereocenters. The van der Waals surface area contributed by atoms with Crippen LogP contribution in [-0.2, 0) is 28.6 Å². The van der Waals surface area contributed by atoms with Crippen molar-refractivity contribution in [3.63, 3.8) is 0 Å². The molecular formula is C55H82O6. The van der Waals surface area contributed by atoms with Crippen molar-refractivity contribution >= 4 is 17.9 Å². The number of esters is 3. The van der Waals surface area contributed by atoms with Gasteiger partial charge in [0.1, 0.15) is 13.2 Å². The molecule has 0 aliphatic carbocycles. The van der Waals surface area contributed by atoms with Gasteiger partial charge in [-0.15, -0.1) is 0 Å². The largest absolute Gasteiger partial charge is 0.462 e. The van der Waals surface area contributed by atoms with Gasteiger partial charge in [0.25, 0.3) is 0 Å². The summed E-state index contributed by atoms with van der Waals surface area (Å²) in [6.45, 7) is 6.11. The van der Waals surface area contributed by atoms with Crippen molar-refractivity contribution in [2.24, 2.45) is 0 Å². The molecule has 61 heavy (non-hydrogen) atoms. The zero-order chi connectivity index (χ0) is 44.4. The first-order chi connectivity index (χ1) is 30.0. The first kappa shape index (κ1) is 56.3. The Hall–Kier alpha value is -4.71. The summed E-state index contributed by atoms with van der Waals surface area (Å²) in [5.41, 5.74) is 0. The third kappa shape index (κ3) is 46.2. The zero-order valence-corrected chi connectivity index (χ0v) is 38.4. The molecule has 338 valence electrons. The van der Waals surface area contributed by atoms with Crippen LogP contribution < -0.4 is 0 Å². The first-order valence-corrected chi connectivity index (χ1v) is 23.3. The molecule has 0 aromatic heterocycles. The molecule has 0 spiro atoms. The second kappa shape index (κ2) is 48.0. The van der Waals surface area contributed by atoms with Crippen molar-refractivity contribution in [3.8, 4) is 0 Å². The van der Waals surface area contributed by atoms with Crippen molar-refractivity contribution in [3.05, 3.63) is 146 Å². The predicted molar refractivity (Wildman–Crippen MR) is 260 cm³/mol. The Labute approximate surface area is 372 Å². The summed E-state index contributed by atoms with van der Waals surface area (Å²) in [6, 6.07) is 0. The van der Waals surface area contributed by atoms with Crippen molar-refractivity contribution in [1.82, 2.24) is 0 Å². The van der Waals surface area contributed by atoms with Crippen LogP contribution in [0.2, 0.25) is 0 Å². The highest BCUT2D eigenvalue weighted by Crippen LogP contribution is 2.09. The fraction of sp³-hybridized carbons (Fsp3) is 0.509. The summed E-state index contributed by atoms with van der Waals surface area (Å²) in [4.78, 5) is 37.7. The highest BCUT2D eigenvalue weighted by molar-refractivity contribution is 5.71. The Kier molecular flexibility index (Phi) is 44.3. The Morgan fingerprint density at radius 3 is 0.951 bits per heavy atom. The van der Waals surface area contributed by atoms with Gasteiger partial charge in [-0.3, -0.25) is 14.4 Å². The van der Waals surface area contributed by atoms with E-state index in [-0.39, 0.29) is 50.4 Å². The number of hydrogen-bond acceptors (Lipinski definition) is 6. The standard InChI is InChI=1S/C55H82O6/c1-4-7-10-13-16-19-22-25-26-27-28-29-30-31-34-36-39-42-45-48-54(57)60-51-52(61-55(58)49-46-43-40-37-33-24-21-18-15-12-9-6-3)50-59-53(56)47-44-41-38-35-32-23-20-17-14-11-8-5-2/h7-12,16-21,25-26,28-29,31-35,37,39,42,52H,4-6,13-15,22-24,27,30,36,38,40-41,43-51H2,1-3H3/b10-7-,11-8-,12-9-,19-16-,20-17-,21-18-,26-25-,29-28-,34-31-,35-32-,37-33-,42-39-. The van der Waals surface area contributed by atoms with E-state index in [0.29, 0.717) is 19.3 Å². The van der Waals surface area contributed by atoms with Gasteiger partial charge in [-0.05, 0) is 122 Å². The predicted octanol–water partition coefficient (Wildman–Crippen LogP) is 15.3. The molecule has 0 saturated heterocycles. The number of rotatable bonds is 39. The monoisotopic (exact) mass is 839 g/mol. The van der Waals surface area contributed by atoms with Gasteiger partial charge in [-0.1, -0.05) is 167 Å². The number of ether oxygens (including phenoxy) is 3. The molecule has 0 heterocycles. The molecule has 0 rings (SSSR count). The minimum atomic E-state index is -0.849. The molecule has 6 heteroatoms. The maximum atomic E-state index is 12.7. The van der Waals surface area contributed by atoms with E-state index in [9.17, 15) is 14.4 Å². The molecule has 0 aromatic carbocycles. The first-order valence-electron chi connectivity index (χ1n) is 23.3. The van der Waals surface area contributed by atoms with E-state index in [1.165, 1.54) is 0 Å². The smallest absolute Gasteiger partial charge is 0.306 e. The second-order valence-corrected chi connectivity index (χ2v) is 14.5. The molecule has 0 aliphatic rings. The molecule has 6 nitrogen and oxygen atoms in total. The van der Waals surface area contributed by atoms with Gasteiger partial charge in [0, 0.05) is 19.3 Å². The van der Waals surface area contributed by atoms with Crippen LogP contribution in [0.1, 0.15) is 162 Å². The number of unbranched alkanes of at least 4 members (excludes halogenated alkanes) is 4. The molecule has 0 fully saturated rings. The van der Waals surface area contributed by atoms with E-state index >= 15 is 0 Å². The maximum Gasteiger partial charge on any atom is 0.306 e. The van der Waals surface area contributed by atoms with Crippen molar-refractivity contribution in [2.45, 2.75) is 168 Å². The molecule has 0 aliphatic heterocycles. The lowest BCUT2D eigenvalue weighted by Gasteiger charge is -2.18. The highest BCUT2D eigenvalue weighted by Gasteiger charge is 2.19. The summed E-state index contributed by atoms with van der Waals surface area (Å²) in [5.74, 6) is -1.12. The molecule has 0 saturated carbocycles. The van der Waals surface area contributed by atoms with Gasteiger partial charge in [-0.25, -0.2) is 0 Å². The minimum absolute atomic E-state index is 0.144. The fourth-order valence-corrected chi connectivity index (χ4v) is 5.43. The Balaban J connectivity index is 4.62. The summed E-state index contributed by atoms with van der Waals surface area (Å²) in [6.07, 6.45) is 68.5. The van der Waals surface area contributed by atoms with Crippen LogP contribution in [0.4, 0.5) is 0 Å². The lowest BCUT2D eigenvalue weighted by Crippen LogP contribution is -2.30. The van der Waals surface area contributed by atoms with Gasteiger partial charge >= 0.3 is 17.9 Å². The highest BCUT2D eigenvalue weighted by atomic mass is 16.6. The lowest BCUT2D eigenvalue weighted by molar-refractivity contribution is -0.166. The maximum absolute atomic E-state index is 12.7. The van der Waals surface area contributed by atoms with Crippen LogP contribution in [-0.4, -0.2) is 37.2 Å². The Morgan fingerprint density at radius 2 is 0.607 bits per heavy atom. The molecule has 0 N–H and O–H groups in total. The van der Waals surface area contributed by atoms with E-state index in [0.717, 1.165) is 103 Å².